The average molecular weight is 330 g/mol. The normalized spacial score (nSPS) is 13.4. The van der Waals surface area contributed by atoms with Crippen LogP contribution < -0.4 is 10.6 Å². The van der Waals surface area contributed by atoms with E-state index in [1.165, 1.54) is 6.33 Å². The summed E-state index contributed by atoms with van der Waals surface area (Å²) in [5.41, 5.74) is 0. The van der Waals surface area contributed by atoms with Crippen LogP contribution in [0.1, 0.15) is 23.6 Å². The first kappa shape index (κ1) is 16.0. The molecule has 2 unspecified atom stereocenters. The predicted molar refractivity (Wildman–Crippen MR) is 86.3 cm³/mol. The summed E-state index contributed by atoms with van der Waals surface area (Å²) in [7, 11) is 0. The third-order valence-electron chi connectivity index (χ3n) is 3.45. The van der Waals surface area contributed by atoms with Crippen molar-refractivity contribution >= 4 is 11.6 Å². The summed E-state index contributed by atoms with van der Waals surface area (Å²) in [6, 6.07) is 7.89. The molecular formula is C16H18N4O4. The maximum absolute atomic E-state index is 9.51. The Morgan fingerprint density at radius 3 is 1.75 bits per heavy atom. The van der Waals surface area contributed by atoms with E-state index in [4.69, 9.17) is 8.83 Å². The smallest absolute Gasteiger partial charge is 0.132 e. The van der Waals surface area contributed by atoms with E-state index in [2.05, 4.69) is 20.6 Å². The Morgan fingerprint density at radius 2 is 1.38 bits per heavy atom. The van der Waals surface area contributed by atoms with Gasteiger partial charge in [0.05, 0.1) is 25.7 Å². The molecule has 0 aliphatic rings. The molecule has 3 aromatic rings. The van der Waals surface area contributed by atoms with Gasteiger partial charge in [-0.3, -0.25) is 0 Å². The van der Waals surface area contributed by atoms with E-state index >= 15 is 0 Å². The molecule has 0 bridgehead atoms. The average Bonchev–Trinajstić information content (AvgIpc) is 3.31. The van der Waals surface area contributed by atoms with E-state index in [0.717, 1.165) is 0 Å². The molecule has 0 radical (unpaired) electrons. The second-order valence-corrected chi connectivity index (χ2v) is 5.08. The van der Waals surface area contributed by atoms with Gasteiger partial charge in [-0.25, -0.2) is 9.97 Å². The van der Waals surface area contributed by atoms with E-state index < -0.39 is 12.1 Å². The van der Waals surface area contributed by atoms with Crippen molar-refractivity contribution in [2.45, 2.75) is 12.1 Å². The predicted octanol–water partition coefficient (Wildman–Crippen LogP) is 1.95. The molecule has 0 saturated heterocycles. The first-order valence-corrected chi connectivity index (χ1v) is 7.43. The highest BCUT2D eigenvalue weighted by atomic mass is 16.3. The summed E-state index contributed by atoms with van der Waals surface area (Å²) in [6.07, 6.45) is 4.47. The molecule has 8 heteroatoms. The highest BCUT2D eigenvalue weighted by molar-refractivity contribution is 5.48. The molecule has 0 saturated carbocycles. The monoisotopic (exact) mass is 330 g/mol. The van der Waals surface area contributed by atoms with Gasteiger partial charge in [0.2, 0.25) is 0 Å². The number of aliphatic hydroxyl groups excluding tert-OH is 2. The third kappa shape index (κ3) is 3.73. The van der Waals surface area contributed by atoms with Crippen LogP contribution in [0.3, 0.4) is 0 Å². The number of furan rings is 2. The summed E-state index contributed by atoms with van der Waals surface area (Å²) in [5.74, 6) is 2.24. The number of aromatic nitrogens is 2. The van der Waals surface area contributed by atoms with Crippen molar-refractivity contribution in [1.82, 2.24) is 9.97 Å². The molecule has 0 aromatic carbocycles. The van der Waals surface area contributed by atoms with Gasteiger partial charge in [-0.15, -0.1) is 0 Å². The zero-order valence-electron chi connectivity index (χ0n) is 12.8. The molecule has 4 N–H and O–H groups in total. The standard InChI is InChI=1S/C16H18N4O4/c21-8-11(13-3-1-5-23-13)19-15-7-16(18-10-17-15)20-12(9-22)14-4-2-6-24-14/h1-7,10-12,21-22H,8-9H2,(H2,17,18,19,20). The molecule has 3 heterocycles. The van der Waals surface area contributed by atoms with Gasteiger partial charge < -0.3 is 29.7 Å². The van der Waals surface area contributed by atoms with E-state index in [1.54, 1.807) is 42.9 Å². The quantitative estimate of drug-likeness (QED) is 0.495. The fraction of sp³-hybridized carbons (Fsp3) is 0.250. The van der Waals surface area contributed by atoms with E-state index in [1.807, 2.05) is 0 Å². The van der Waals surface area contributed by atoms with E-state index in [9.17, 15) is 10.2 Å². The Bertz CT molecular complexity index is 671. The number of rotatable bonds is 8. The maximum atomic E-state index is 9.51. The third-order valence-corrected chi connectivity index (χ3v) is 3.45. The summed E-state index contributed by atoms with van der Waals surface area (Å²) in [5, 5.41) is 25.2. The lowest BCUT2D eigenvalue weighted by atomic mass is 10.2. The molecule has 24 heavy (non-hydrogen) atoms. The van der Waals surface area contributed by atoms with Crippen molar-refractivity contribution in [3.63, 3.8) is 0 Å². The van der Waals surface area contributed by atoms with Gasteiger partial charge in [-0.2, -0.15) is 0 Å². The molecule has 0 aliphatic carbocycles. The van der Waals surface area contributed by atoms with Crippen LogP contribution in [0.25, 0.3) is 0 Å². The topological polar surface area (TPSA) is 117 Å². The molecule has 2 atom stereocenters. The van der Waals surface area contributed by atoms with Crippen molar-refractivity contribution in [2.24, 2.45) is 0 Å². The largest absolute Gasteiger partial charge is 0.467 e. The van der Waals surface area contributed by atoms with Crippen molar-refractivity contribution < 1.29 is 19.0 Å². The Kier molecular flexibility index (Phi) is 5.09. The first-order valence-electron chi connectivity index (χ1n) is 7.43. The van der Waals surface area contributed by atoms with Crippen molar-refractivity contribution in [3.8, 4) is 0 Å². The molecule has 0 amide bonds. The number of hydrogen-bond acceptors (Lipinski definition) is 8. The fourth-order valence-electron chi connectivity index (χ4n) is 2.26. The summed E-state index contributed by atoms with van der Waals surface area (Å²) < 4.78 is 10.6. The second kappa shape index (κ2) is 7.62. The van der Waals surface area contributed by atoms with Crippen LogP contribution in [0.2, 0.25) is 0 Å². The SMILES string of the molecule is OCC(Nc1cc(NC(CO)c2ccco2)ncn1)c1ccco1. The molecule has 0 spiro atoms. The zero-order valence-corrected chi connectivity index (χ0v) is 12.8. The van der Waals surface area contributed by atoms with Gasteiger partial charge >= 0.3 is 0 Å². The first-order chi connectivity index (χ1) is 11.8. The minimum Gasteiger partial charge on any atom is -0.467 e. The van der Waals surface area contributed by atoms with Crippen LogP contribution in [0.15, 0.2) is 58.0 Å². The number of nitrogens with one attached hydrogen (secondary N) is 2. The lowest BCUT2D eigenvalue weighted by Gasteiger charge is -2.17. The number of anilines is 2. The van der Waals surface area contributed by atoms with Crippen LogP contribution >= 0.6 is 0 Å². The summed E-state index contributed by atoms with van der Waals surface area (Å²) in [6.45, 7) is -0.294. The molecule has 0 fully saturated rings. The lowest BCUT2D eigenvalue weighted by molar-refractivity contribution is 0.261. The van der Waals surface area contributed by atoms with Crippen LogP contribution in [0.5, 0.6) is 0 Å². The molecule has 3 rings (SSSR count). The van der Waals surface area contributed by atoms with Gasteiger partial charge in [0.25, 0.3) is 0 Å². The highest BCUT2D eigenvalue weighted by Crippen LogP contribution is 2.22. The molecule has 126 valence electrons. The number of aliphatic hydroxyl groups is 2. The Morgan fingerprint density at radius 1 is 0.875 bits per heavy atom. The van der Waals surface area contributed by atoms with Gasteiger partial charge in [0, 0.05) is 6.07 Å². The van der Waals surface area contributed by atoms with Crippen molar-refractivity contribution in [1.29, 1.82) is 0 Å². The van der Waals surface area contributed by atoms with E-state index in [0.29, 0.717) is 23.2 Å². The van der Waals surface area contributed by atoms with Crippen LogP contribution in [0, 0.1) is 0 Å². The van der Waals surface area contributed by atoms with Gasteiger partial charge in [-0.05, 0) is 24.3 Å². The van der Waals surface area contributed by atoms with Crippen LogP contribution in [0.4, 0.5) is 11.6 Å². The maximum Gasteiger partial charge on any atom is 0.132 e. The Balaban J connectivity index is 1.71. The Hall–Kier alpha value is -2.84. The molecule has 8 nitrogen and oxygen atoms in total. The highest BCUT2D eigenvalue weighted by Gasteiger charge is 2.16. The van der Waals surface area contributed by atoms with Gasteiger partial charge in [0.15, 0.2) is 0 Å². The van der Waals surface area contributed by atoms with Crippen LogP contribution in [-0.2, 0) is 0 Å². The van der Waals surface area contributed by atoms with Gasteiger partial charge in [-0.1, -0.05) is 0 Å². The lowest BCUT2D eigenvalue weighted by Crippen LogP contribution is -2.17. The minimum absolute atomic E-state index is 0.147. The van der Waals surface area contributed by atoms with Crippen molar-refractivity contribution in [2.75, 3.05) is 23.8 Å². The fourth-order valence-corrected chi connectivity index (χ4v) is 2.26. The van der Waals surface area contributed by atoms with Crippen LogP contribution in [-0.4, -0.2) is 33.4 Å². The zero-order chi connectivity index (χ0) is 16.8. The summed E-state index contributed by atoms with van der Waals surface area (Å²) >= 11 is 0. The number of nitrogens with zero attached hydrogens (tertiary/aromatic N) is 2. The summed E-state index contributed by atoms with van der Waals surface area (Å²) in [4.78, 5) is 8.26. The second-order valence-electron chi connectivity index (χ2n) is 5.08. The van der Waals surface area contributed by atoms with Crippen molar-refractivity contribution in [3.05, 3.63) is 60.7 Å². The molecule has 0 aliphatic heterocycles. The molecular weight excluding hydrogens is 312 g/mol. The molecule has 3 aromatic heterocycles. The number of hydrogen-bond donors (Lipinski definition) is 4. The minimum atomic E-state index is -0.415. The van der Waals surface area contributed by atoms with E-state index in [-0.39, 0.29) is 13.2 Å². The Labute approximate surface area is 138 Å². The van der Waals surface area contributed by atoms with Gasteiger partial charge in [0.1, 0.15) is 41.6 Å².